The maximum absolute atomic E-state index is 13.6. The summed E-state index contributed by atoms with van der Waals surface area (Å²) in [4.78, 5) is 4.19. The molecule has 3 nitrogen and oxygen atoms in total. The number of aliphatic hydroxyl groups is 1. The average molecular weight is 266 g/mol. The van der Waals surface area contributed by atoms with Crippen molar-refractivity contribution in [3.8, 4) is 0 Å². The van der Waals surface area contributed by atoms with Crippen LogP contribution < -0.4 is 0 Å². The Hall–Kier alpha value is -1.75. The molecule has 1 N–H and O–H groups in total. The smallest absolute Gasteiger partial charge is 0.164 e. The molecule has 0 saturated heterocycles. The van der Waals surface area contributed by atoms with Crippen LogP contribution in [0.2, 0.25) is 0 Å². The standard InChI is InChI=1S/C14H16F2N2O/c1-9(2)14-17-6-7-18(14)8-12(19)10-4-3-5-11(15)13(10)16/h3-7,9,12,19H,8H2,1-2H3. The van der Waals surface area contributed by atoms with Crippen molar-refractivity contribution in [2.24, 2.45) is 0 Å². The number of aromatic nitrogens is 2. The van der Waals surface area contributed by atoms with Gasteiger partial charge in [-0.2, -0.15) is 0 Å². The van der Waals surface area contributed by atoms with Gasteiger partial charge in [0.15, 0.2) is 11.6 Å². The van der Waals surface area contributed by atoms with Crippen LogP contribution in [-0.2, 0) is 6.54 Å². The number of rotatable bonds is 4. The Bertz CT molecular complexity index is 566. The number of hydrogen-bond acceptors (Lipinski definition) is 2. The third-order valence-electron chi connectivity index (χ3n) is 2.97. The highest BCUT2D eigenvalue weighted by Gasteiger charge is 2.18. The molecule has 0 aliphatic heterocycles. The molecular weight excluding hydrogens is 250 g/mol. The summed E-state index contributed by atoms with van der Waals surface area (Å²) in [7, 11) is 0. The zero-order valence-electron chi connectivity index (χ0n) is 10.8. The second kappa shape index (κ2) is 5.48. The van der Waals surface area contributed by atoms with Gasteiger partial charge in [0.25, 0.3) is 0 Å². The van der Waals surface area contributed by atoms with Gasteiger partial charge in [0, 0.05) is 23.9 Å². The minimum atomic E-state index is -1.11. The van der Waals surface area contributed by atoms with Gasteiger partial charge < -0.3 is 9.67 Å². The van der Waals surface area contributed by atoms with Crippen molar-refractivity contribution < 1.29 is 13.9 Å². The van der Waals surface area contributed by atoms with E-state index < -0.39 is 17.7 Å². The number of halogens is 2. The van der Waals surface area contributed by atoms with E-state index in [0.717, 1.165) is 11.9 Å². The Balaban J connectivity index is 2.23. The van der Waals surface area contributed by atoms with Crippen LogP contribution >= 0.6 is 0 Å². The highest BCUT2D eigenvalue weighted by Crippen LogP contribution is 2.22. The fraction of sp³-hybridized carbons (Fsp3) is 0.357. The van der Waals surface area contributed by atoms with Gasteiger partial charge in [-0.1, -0.05) is 26.0 Å². The van der Waals surface area contributed by atoms with Crippen molar-refractivity contribution in [1.82, 2.24) is 9.55 Å². The zero-order valence-corrected chi connectivity index (χ0v) is 10.8. The third-order valence-corrected chi connectivity index (χ3v) is 2.97. The van der Waals surface area contributed by atoms with Gasteiger partial charge in [-0.15, -0.1) is 0 Å². The molecule has 0 spiro atoms. The van der Waals surface area contributed by atoms with E-state index >= 15 is 0 Å². The summed E-state index contributed by atoms with van der Waals surface area (Å²) in [6.45, 7) is 4.11. The van der Waals surface area contributed by atoms with E-state index in [2.05, 4.69) is 4.98 Å². The van der Waals surface area contributed by atoms with Gasteiger partial charge in [0.2, 0.25) is 0 Å². The van der Waals surface area contributed by atoms with E-state index in [0.29, 0.717) is 0 Å². The van der Waals surface area contributed by atoms with Crippen LogP contribution in [0.1, 0.15) is 37.3 Å². The van der Waals surface area contributed by atoms with Crippen molar-refractivity contribution in [2.45, 2.75) is 32.4 Å². The molecule has 1 unspecified atom stereocenters. The second-order valence-corrected chi connectivity index (χ2v) is 4.75. The van der Waals surface area contributed by atoms with Gasteiger partial charge in [-0.25, -0.2) is 13.8 Å². The average Bonchev–Trinajstić information content (AvgIpc) is 2.80. The molecule has 0 fully saturated rings. The Kier molecular flexibility index (Phi) is 3.95. The predicted molar refractivity (Wildman–Crippen MR) is 67.6 cm³/mol. The molecule has 2 aromatic rings. The topological polar surface area (TPSA) is 38.0 Å². The van der Waals surface area contributed by atoms with Crippen molar-refractivity contribution in [3.05, 3.63) is 53.6 Å². The summed E-state index contributed by atoms with van der Waals surface area (Å²) in [6.07, 6.45) is 2.24. The predicted octanol–water partition coefficient (Wildman–Crippen LogP) is 3.02. The van der Waals surface area contributed by atoms with Crippen LogP contribution in [0.25, 0.3) is 0 Å². The van der Waals surface area contributed by atoms with E-state index in [1.807, 2.05) is 13.8 Å². The molecular formula is C14H16F2N2O. The van der Waals surface area contributed by atoms with Crippen molar-refractivity contribution >= 4 is 0 Å². The highest BCUT2D eigenvalue weighted by molar-refractivity contribution is 5.21. The lowest BCUT2D eigenvalue weighted by atomic mass is 10.1. The Morgan fingerprint density at radius 2 is 2.05 bits per heavy atom. The van der Waals surface area contributed by atoms with Crippen LogP contribution in [0.3, 0.4) is 0 Å². The molecule has 19 heavy (non-hydrogen) atoms. The largest absolute Gasteiger partial charge is 0.386 e. The summed E-state index contributed by atoms with van der Waals surface area (Å²) < 4.78 is 28.5. The summed E-state index contributed by atoms with van der Waals surface area (Å²) in [5, 5.41) is 10.0. The number of hydrogen-bond donors (Lipinski definition) is 1. The van der Waals surface area contributed by atoms with E-state index in [1.165, 1.54) is 12.1 Å². The molecule has 0 aliphatic rings. The number of imidazole rings is 1. The zero-order chi connectivity index (χ0) is 14.0. The number of aliphatic hydroxyl groups excluding tert-OH is 1. The Morgan fingerprint density at radius 3 is 2.74 bits per heavy atom. The van der Waals surface area contributed by atoms with Gasteiger partial charge in [-0.3, -0.25) is 0 Å². The first-order chi connectivity index (χ1) is 9.00. The fourth-order valence-electron chi connectivity index (χ4n) is 2.04. The summed E-state index contributed by atoms with van der Waals surface area (Å²) in [6, 6.07) is 3.80. The maximum Gasteiger partial charge on any atom is 0.164 e. The maximum atomic E-state index is 13.6. The van der Waals surface area contributed by atoms with E-state index in [-0.39, 0.29) is 18.0 Å². The number of nitrogens with zero attached hydrogens (tertiary/aromatic N) is 2. The molecule has 0 saturated carbocycles. The van der Waals surface area contributed by atoms with E-state index in [1.54, 1.807) is 17.0 Å². The van der Waals surface area contributed by atoms with Crippen molar-refractivity contribution in [3.63, 3.8) is 0 Å². The van der Waals surface area contributed by atoms with E-state index in [9.17, 15) is 13.9 Å². The Morgan fingerprint density at radius 1 is 1.32 bits per heavy atom. The monoisotopic (exact) mass is 266 g/mol. The molecule has 1 atom stereocenters. The summed E-state index contributed by atoms with van der Waals surface area (Å²) in [5.74, 6) is -0.956. The van der Waals surface area contributed by atoms with Gasteiger partial charge in [0.05, 0.1) is 12.6 Å². The minimum absolute atomic E-state index is 0.0385. The fourth-order valence-corrected chi connectivity index (χ4v) is 2.04. The molecule has 2 rings (SSSR count). The first kappa shape index (κ1) is 13.7. The summed E-state index contributed by atoms with van der Waals surface area (Å²) >= 11 is 0. The number of benzene rings is 1. The lowest BCUT2D eigenvalue weighted by Gasteiger charge is -2.16. The van der Waals surface area contributed by atoms with Gasteiger partial charge in [-0.05, 0) is 6.07 Å². The van der Waals surface area contributed by atoms with Crippen LogP contribution in [-0.4, -0.2) is 14.7 Å². The van der Waals surface area contributed by atoms with E-state index in [4.69, 9.17) is 0 Å². The van der Waals surface area contributed by atoms with Crippen LogP contribution in [0.4, 0.5) is 8.78 Å². The van der Waals surface area contributed by atoms with Gasteiger partial charge in [0.1, 0.15) is 5.82 Å². The highest BCUT2D eigenvalue weighted by atomic mass is 19.2. The first-order valence-corrected chi connectivity index (χ1v) is 6.13. The Labute approximate surface area is 110 Å². The summed E-state index contributed by atoms with van der Waals surface area (Å²) in [5.41, 5.74) is -0.0385. The molecule has 1 aromatic carbocycles. The molecule has 102 valence electrons. The van der Waals surface area contributed by atoms with Crippen LogP contribution in [0, 0.1) is 11.6 Å². The molecule has 1 heterocycles. The van der Waals surface area contributed by atoms with Crippen LogP contribution in [0.15, 0.2) is 30.6 Å². The first-order valence-electron chi connectivity index (χ1n) is 6.13. The van der Waals surface area contributed by atoms with Crippen molar-refractivity contribution in [2.75, 3.05) is 0 Å². The lowest BCUT2D eigenvalue weighted by molar-refractivity contribution is 0.149. The molecule has 5 heteroatoms. The van der Waals surface area contributed by atoms with Crippen molar-refractivity contribution in [1.29, 1.82) is 0 Å². The molecule has 0 aliphatic carbocycles. The van der Waals surface area contributed by atoms with Gasteiger partial charge >= 0.3 is 0 Å². The SMILES string of the molecule is CC(C)c1nccn1CC(O)c1cccc(F)c1F. The third kappa shape index (κ3) is 2.81. The quantitative estimate of drug-likeness (QED) is 0.923. The second-order valence-electron chi connectivity index (χ2n) is 4.75. The lowest BCUT2D eigenvalue weighted by Crippen LogP contribution is -2.13. The minimum Gasteiger partial charge on any atom is -0.386 e. The molecule has 0 bridgehead atoms. The normalized spacial score (nSPS) is 12.9. The van der Waals surface area contributed by atoms with Crippen LogP contribution in [0.5, 0.6) is 0 Å². The molecule has 1 aromatic heterocycles. The molecule has 0 radical (unpaired) electrons. The molecule has 0 amide bonds.